The lowest BCUT2D eigenvalue weighted by Gasteiger charge is -2.44. The number of hydrogen-bond donors (Lipinski definition) is 1. The normalized spacial score (nSPS) is 24.9. The molecule has 0 radical (unpaired) electrons. The van der Waals surface area contributed by atoms with E-state index < -0.39 is 0 Å². The fourth-order valence-corrected chi connectivity index (χ4v) is 5.23. The maximum Gasteiger partial charge on any atom is 0.240 e. The number of thiazole rings is 1. The van der Waals surface area contributed by atoms with E-state index in [0.717, 1.165) is 48.5 Å². The average Bonchev–Trinajstić information content (AvgIpc) is 3.29. The minimum Gasteiger partial charge on any atom is -0.378 e. The summed E-state index contributed by atoms with van der Waals surface area (Å²) in [7, 11) is 1.74. The van der Waals surface area contributed by atoms with Crippen LogP contribution in [0.5, 0.6) is 0 Å². The molecule has 2 aromatic rings. The van der Waals surface area contributed by atoms with Crippen LogP contribution in [0.1, 0.15) is 24.1 Å². The highest BCUT2D eigenvalue weighted by atomic mass is 32.1. The molecular weight excluding hydrogens is 393 g/mol. The first-order valence-electron chi connectivity index (χ1n) is 9.91. The van der Waals surface area contributed by atoms with Crippen molar-refractivity contribution in [2.75, 3.05) is 38.7 Å². The SMILES string of the molecule is CO[C@@H]1CCN(CC(=O)Nc2nc(-c3ccc(F)cc3)c(C)s2)C[C@]12CCCO2. The van der Waals surface area contributed by atoms with Gasteiger partial charge in [-0.1, -0.05) is 0 Å². The third-order valence-corrected chi connectivity index (χ3v) is 6.62. The number of ether oxygens (including phenoxy) is 2. The van der Waals surface area contributed by atoms with Gasteiger partial charge in [0.1, 0.15) is 11.4 Å². The second kappa shape index (κ2) is 8.47. The summed E-state index contributed by atoms with van der Waals surface area (Å²) in [6.07, 6.45) is 2.94. The number of anilines is 1. The first kappa shape index (κ1) is 20.4. The van der Waals surface area contributed by atoms with Crippen molar-refractivity contribution in [3.8, 4) is 11.3 Å². The van der Waals surface area contributed by atoms with E-state index in [1.54, 1.807) is 19.2 Å². The van der Waals surface area contributed by atoms with Crippen LogP contribution in [0.2, 0.25) is 0 Å². The lowest BCUT2D eigenvalue weighted by Crippen LogP contribution is -2.58. The van der Waals surface area contributed by atoms with Crippen molar-refractivity contribution in [1.82, 2.24) is 9.88 Å². The Bertz CT molecular complexity index is 865. The Hall–Kier alpha value is -1.87. The van der Waals surface area contributed by atoms with E-state index in [1.165, 1.54) is 23.5 Å². The molecule has 0 unspecified atom stereocenters. The first-order valence-corrected chi connectivity index (χ1v) is 10.7. The van der Waals surface area contributed by atoms with E-state index in [4.69, 9.17) is 9.47 Å². The molecule has 0 bridgehead atoms. The van der Waals surface area contributed by atoms with Crippen molar-refractivity contribution in [2.45, 2.75) is 37.9 Å². The van der Waals surface area contributed by atoms with Crippen molar-refractivity contribution in [1.29, 1.82) is 0 Å². The summed E-state index contributed by atoms with van der Waals surface area (Å²) in [4.78, 5) is 20.3. The molecule has 1 N–H and O–H groups in total. The maximum atomic E-state index is 13.2. The van der Waals surface area contributed by atoms with E-state index in [1.807, 2.05) is 6.92 Å². The van der Waals surface area contributed by atoms with E-state index in [-0.39, 0.29) is 23.4 Å². The van der Waals surface area contributed by atoms with E-state index in [9.17, 15) is 9.18 Å². The van der Waals surface area contributed by atoms with Gasteiger partial charge < -0.3 is 14.8 Å². The zero-order chi connectivity index (χ0) is 20.4. The van der Waals surface area contributed by atoms with Gasteiger partial charge in [0.15, 0.2) is 5.13 Å². The number of nitrogens with one attached hydrogen (secondary N) is 1. The van der Waals surface area contributed by atoms with Gasteiger partial charge in [0.2, 0.25) is 5.91 Å². The molecule has 0 saturated carbocycles. The van der Waals surface area contributed by atoms with Gasteiger partial charge >= 0.3 is 0 Å². The number of carbonyl (C=O) groups is 1. The number of methoxy groups -OCH3 is 1. The van der Waals surface area contributed by atoms with Gasteiger partial charge in [-0.3, -0.25) is 9.69 Å². The number of halogens is 1. The molecule has 6 nitrogen and oxygen atoms in total. The topological polar surface area (TPSA) is 63.7 Å². The maximum absolute atomic E-state index is 13.2. The van der Waals surface area contributed by atoms with Crippen LogP contribution in [-0.2, 0) is 14.3 Å². The second-order valence-electron chi connectivity index (χ2n) is 7.72. The predicted octanol–water partition coefficient (Wildman–Crippen LogP) is 3.47. The summed E-state index contributed by atoms with van der Waals surface area (Å²) in [6, 6.07) is 6.22. The van der Waals surface area contributed by atoms with Gasteiger partial charge in [0.05, 0.1) is 18.3 Å². The molecule has 29 heavy (non-hydrogen) atoms. The minimum absolute atomic E-state index is 0.0872. The van der Waals surface area contributed by atoms with Crippen LogP contribution in [0.25, 0.3) is 11.3 Å². The number of aromatic nitrogens is 1. The van der Waals surface area contributed by atoms with Crippen LogP contribution in [0.4, 0.5) is 9.52 Å². The predicted molar refractivity (Wildman–Crippen MR) is 111 cm³/mol. The molecule has 8 heteroatoms. The number of nitrogens with zero attached hydrogens (tertiary/aromatic N) is 2. The molecule has 1 aromatic carbocycles. The molecule has 3 heterocycles. The van der Waals surface area contributed by atoms with Crippen LogP contribution >= 0.6 is 11.3 Å². The lowest BCUT2D eigenvalue weighted by molar-refractivity contribution is -0.146. The number of amides is 1. The number of hydrogen-bond acceptors (Lipinski definition) is 6. The standard InChI is InChI=1S/C21H26FN3O3S/c1-14-19(15-4-6-16(22)7-5-15)24-20(29-14)23-18(26)12-25-10-8-17(27-2)21(13-25)9-3-11-28-21/h4-7,17H,3,8-13H2,1-2H3,(H,23,24,26)/t17-,21-/m1/s1. The van der Waals surface area contributed by atoms with Crippen LogP contribution < -0.4 is 5.32 Å². The van der Waals surface area contributed by atoms with Crippen molar-refractivity contribution >= 4 is 22.4 Å². The monoisotopic (exact) mass is 419 g/mol. The van der Waals surface area contributed by atoms with Crippen molar-refractivity contribution in [2.24, 2.45) is 0 Å². The number of likely N-dealkylation sites (tertiary alicyclic amines) is 1. The Morgan fingerprint density at radius 3 is 2.93 bits per heavy atom. The van der Waals surface area contributed by atoms with Gasteiger partial charge in [0, 0.05) is 37.2 Å². The molecule has 1 amide bonds. The Morgan fingerprint density at radius 1 is 1.45 bits per heavy atom. The highest BCUT2D eigenvalue weighted by Crippen LogP contribution is 2.36. The number of carbonyl (C=O) groups excluding carboxylic acids is 1. The third-order valence-electron chi connectivity index (χ3n) is 5.73. The molecule has 2 saturated heterocycles. The van der Waals surface area contributed by atoms with Gasteiger partial charge in [-0.2, -0.15) is 0 Å². The zero-order valence-corrected chi connectivity index (χ0v) is 17.6. The number of piperidine rings is 1. The van der Waals surface area contributed by atoms with E-state index in [0.29, 0.717) is 18.2 Å². The minimum atomic E-state index is -0.291. The van der Waals surface area contributed by atoms with Gasteiger partial charge in [-0.25, -0.2) is 9.37 Å². The molecule has 156 valence electrons. The fourth-order valence-electron chi connectivity index (χ4n) is 4.37. The summed E-state index contributed by atoms with van der Waals surface area (Å²) in [5.41, 5.74) is 1.31. The van der Waals surface area contributed by atoms with E-state index >= 15 is 0 Å². The highest BCUT2D eigenvalue weighted by molar-refractivity contribution is 7.16. The quantitative estimate of drug-likeness (QED) is 0.804. The lowest BCUT2D eigenvalue weighted by atomic mass is 9.87. The van der Waals surface area contributed by atoms with Crippen LogP contribution in [0.3, 0.4) is 0 Å². The summed E-state index contributed by atoms with van der Waals surface area (Å²) < 4.78 is 24.9. The molecule has 2 atom stereocenters. The van der Waals surface area contributed by atoms with Crippen molar-refractivity contribution in [3.63, 3.8) is 0 Å². The molecule has 2 aliphatic heterocycles. The molecular formula is C21H26FN3O3S. The average molecular weight is 420 g/mol. The van der Waals surface area contributed by atoms with Crippen molar-refractivity contribution in [3.05, 3.63) is 35.0 Å². The first-order chi connectivity index (χ1) is 14.0. The largest absolute Gasteiger partial charge is 0.378 e. The van der Waals surface area contributed by atoms with Gasteiger partial charge in [-0.15, -0.1) is 11.3 Å². The Morgan fingerprint density at radius 2 is 2.24 bits per heavy atom. The smallest absolute Gasteiger partial charge is 0.240 e. The third kappa shape index (κ3) is 4.35. The Balaban J connectivity index is 1.39. The number of rotatable bonds is 5. The molecule has 0 aliphatic carbocycles. The van der Waals surface area contributed by atoms with Gasteiger partial charge in [-0.05, 0) is 50.5 Å². The van der Waals surface area contributed by atoms with E-state index in [2.05, 4.69) is 15.2 Å². The second-order valence-corrected chi connectivity index (χ2v) is 8.92. The fraction of sp³-hybridized carbons (Fsp3) is 0.524. The molecule has 1 spiro atoms. The summed E-state index contributed by atoms with van der Waals surface area (Å²) in [6.45, 7) is 4.50. The Labute approximate surface area is 174 Å². The summed E-state index contributed by atoms with van der Waals surface area (Å²) >= 11 is 1.43. The Kier molecular flexibility index (Phi) is 5.96. The summed E-state index contributed by atoms with van der Waals surface area (Å²) in [5, 5.41) is 3.48. The molecule has 2 aliphatic rings. The summed E-state index contributed by atoms with van der Waals surface area (Å²) in [5.74, 6) is -0.371. The molecule has 2 fully saturated rings. The van der Waals surface area contributed by atoms with Crippen LogP contribution in [0.15, 0.2) is 24.3 Å². The number of aryl methyl sites for hydroxylation is 1. The molecule has 4 rings (SSSR count). The zero-order valence-electron chi connectivity index (χ0n) is 16.7. The van der Waals surface area contributed by atoms with Crippen molar-refractivity contribution < 1.29 is 18.7 Å². The van der Waals surface area contributed by atoms with Gasteiger partial charge in [0.25, 0.3) is 0 Å². The van der Waals surface area contributed by atoms with Crippen LogP contribution in [0, 0.1) is 12.7 Å². The number of benzene rings is 1. The molecule has 1 aromatic heterocycles. The van der Waals surface area contributed by atoms with Crippen LogP contribution in [-0.4, -0.2) is 60.8 Å². The highest BCUT2D eigenvalue weighted by Gasteiger charge is 2.47.